The molecule has 0 saturated carbocycles. The van der Waals surface area contributed by atoms with E-state index in [-0.39, 0.29) is 0 Å². The molecule has 0 aliphatic rings. The Bertz CT molecular complexity index is 301. The number of alkyl halides is 2. The molecule has 0 N–H and O–H groups in total. The molecule has 0 unspecified atom stereocenters. The molecule has 0 spiro atoms. The molecule has 0 aromatic heterocycles. The summed E-state index contributed by atoms with van der Waals surface area (Å²) in [5.74, 6) is 0. The van der Waals surface area contributed by atoms with E-state index in [9.17, 15) is 4.79 Å². The largest absolute Gasteiger partial charge is 0.240 e. The first kappa shape index (κ1) is 10.1. The summed E-state index contributed by atoms with van der Waals surface area (Å²) in [6.07, 6.45) is 1.50. The van der Waals surface area contributed by atoms with Crippen LogP contribution in [-0.2, 0) is 4.79 Å². The van der Waals surface area contributed by atoms with Gasteiger partial charge in [0.05, 0.1) is 7.62 Å². The SMILES string of the molecule is O=C=Nc1ccc(C(I)I)cc1. The number of rotatable bonds is 2. The first-order chi connectivity index (χ1) is 5.74. The molecule has 0 atom stereocenters. The smallest absolute Gasteiger partial charge is 0.211 e. The van der Waals surface area contributed by atoms with Crippen molar-refractivity contribution in [3.05, 3.63) is 29.8 Å². The monoisotopic (exact) mass is 385 g/mol. The third-order valence-electron chi connectivity index (χ3n) is 1.32. The number of isocyanates is 1. The molecular weight excluding hydrogens is 380 g/mol. The van der Waals surface area contributed by atoms with E-state index in [1.54, 1.807) is 0 Å². The summed E-state index contributed by atoms with van der Waals surface area (Å²) >= 11 is 4.64. The van der Waals surface area contributed by atoms with Crippen molar-refractivity contribution < 1.29 is 4.79 Å². The third kappa shape index (κ3) is 2.84. The maximum atomic E-state index is 9.90. The minimum absolute atomic E-state index is 0.453. The number of aliphatic imine (C=N–C) groups is 1. The van der Waals surface area contributed by atoms with Gasteiger partial charge in [-0.15, -0.1) is 0 Å². The van der Waals surface area contributed by atoms with Crippen molar-refractivity contribution in [1.82, 2.24) is 0 Å². The van der Waals surface area contributed by atoms with Gasteiger partial charge in [0.25, 0.3) is 0 Å². The van der Waals surface area contributed by atoms with Crippen LogP contribution in [0, 0.1) is 0 Å². The van der Waals surface area contributed by atoms with Gasteiger partial charge in [-0.3, -0.25) is 0 Å². The second-order valence-electron chi connectivity index (χ2n) is 2.10. The number of nitrogens with zero attached hydrogens (tertiary/aromatic N) is 1. The van der Waals surface area contributed by atoms with Crippen LogP contribution in [0.3, 0.4) is 0 Å². The van der Waals surface area contributed by atoms with Crippen LogP contribution in [0.25, 0.3) is 0 Å². The van der Waals surface area contributed by atoms with E-state index >= 15 is 0 Å². The molecule has 0 amide bonds. The third-order valence-corrected chi connectivity index (χ3v) is 2.76. The second-order valence-corrected chi connectivity index (χ2v) is 6.97. The summed E-state index contributed by atoms with van der Waals surface area (Å²) in [4.78, 5) is 13.4. The Labute approximate surface area is 97.7 Å². The highest BCUT2D eigenvalue weighted by atomic mass is 127. The normalized spacial score (nSPS) is 9.58. The highest BCUT2D eigenvalue weighted by Gasteiger charge is 2.00. The molecule has 1 aromatic carbocycles. The number of hydrogen-bond donors (Lipinski definition) is 0. The fourth-order valence-corrected chi connectivity index (χ4v) is 1.58. The summed E-state index contributed by atoms with van der Waals surface area (Å²) in [6.45, 7) is 0. The fraction of sp³-hybridized carbons (Fsp3) is 0.125. The fourth-order valence-electron chi connectivity index (χ4n) is 0.747. The van der Waals surface area contributed by atoms with Gasteiger partial charge in [0.2, 0.25) is 6.08 Å². The van der Waals surface area contributed by atoms with E-state index in [0.717, 1.165) is 0 Å². The van der Waals surface area contributed by atoms with Crippen molar-refractivity contribution in [2.75, 3.05) is 0 Å². The van der Waals surface area contributed by atoms with E-state index in [1.807, 2.05) is 24.3 Å². The highest BCUT2D eigenvalue weighted by Crippen LogP contribution is 2.31. The van der Waals surface area contributed by atoms with Crippen molar-refractivity contribution >= 4 is 56.9 Å². The standard InChI is InChI=1S/C8H5I2NO/c9-8(10)6-1-3-7(4-2-6)11-5-12/h1-4,8H. The predicted octanol–water partition coefficient (Wildman–Crippen LogP) is 3.52. The number of hydrogen-bond acceptors (Lipinski definition) is 2. The van der Waals surface area contributed by atoms with Crippen LogP contribution >= 0.6 is 45.2 Å². The summed E-state index contributed by atoms with van der Waals surface area (Å²) in [5.41, 5.74) is 1.88. The predicted molar refractivity (Wildman–Crippen MR) is 65.0 cm³/mol. The lowest BCUT2D eigenvalue weighted by Gasteiger charge is -2.00. The lowest BCUT2D eigenvalue weighted by atomic mass is 10.2. The molecule has 1 aromatic rings. The number of benzene rings is 1. The quantitative estimate of drug-likeness (QED) is 0.332. The van der Waals surface area contributed by atoms with Gasteiger partial charge in [0.1, 0.15) is 0 Å². The molecule has 0 saturated heterocycles. The topological polar surface area (TPSA) is 29.4 Å². The average molecular weight is 385 g/mol. The van der Waals surface area contributed by atoms with Crippen molar-refractivity contribution in [3.8, 4) is 0 Å². The molecule has 12 heavy (non-hydrogen) atoms. The van der Waals surface area contributed by atoms with Gasteiger partial charge >= 0.3 is 0 Å². The van der Waals surface area contributed by atoms with Crippen molar-refractivity contribution in [2.45, 2.75) is 1.93 Å². The van der Waals surface area contributed by atoms with Crippen LogP contribution in [0.1, 0.15) is 7.49 Å². The molecule has 0 bridgehead atoms. The Kier molecular flexibility index (Phi) is 4.17. The number of halogens is 2. The van der Waals surface area contributed by atoms with Gasteiger partial charge in [-0.1, -0.05) is 57.3 Å². The van der Waals surface area contributed by atoms with Gasteiger partial charge in [-0.2, -0.15) is 4.99 Å². The summed E-state index contributed by atoms with van der Waals surface area (Å²) < 4.78 is 0.453. The molecule has 0 aliphatic carbocycles. The molecular formula is C8H5I2NO. The molecule has 0 radical (unpaired) electrons. The van der Waals surface area contributed by atoms with Gasteiger partial charge in [0, 0.05) is 0 Å². The van der Waals surface area contributed by atoms with Crippen LogP contribution < -0.4 is 0 Å². The second kappa shape index (κ2) is 4.94. The van der Waals surface area contributed by atoms with Crippen LogP contribution in [0.2, 0.25) is 0 Å². The minimum atomic E-state index is 0.453. The zero-order valence-corrected chi connectivity index (χ0v) is 10.3. The minimum Gasteiger partial charge on any atom is -0.211 e. The van der Waals surface area contributed by atoms with Crippen molar-refractivity contribution in [2.24, 2.45) is 4.99 Å². The number of carbonyl (C=O) groups excluding carboxylic acids is 1. The molecule has 0 heterocycles. The first-order valence-corrected chi connectivity index (χ1v) is 5.69. The summed E-state index contributed by atoms with van der Waals surface area (Å²) in [6, 6.07) is 7.54. The molecule has 2 nitrogen and oxygen atoms in total. The van der Waals surface area contributed by atoms with Gasteiger partial charge in [-0.05, 0) is 17.7 Å². The lowest BCUT2D eigenvalue weighted by Crippen LogP contribution is -1.77. The Morgan fingerprint density at radius 1 is 1.25 bits per heavy atom. The van der Waals surface area contributed by atoms with E-state index in [2.05, 4.69) is 50.2 Å². The summed E-state index contributed by atoms with van der Waals surface area (Å²) in [7, 11) is 0. The molecule has 1 rings (SSSR count). The maximum absolute atomic E-state index is 9.90. The Hall–Kier alpha value is 0.0600. The Morgan fingerprint density at radius 3 is 2.25 bits per heavy atom. The highest BCUT2D eigenvalue weighted by molar-refractivity contribution is 14.2. The van der Waals surface area contributed by atoms with Gasteiger partial charge < -0.3 is 0 Å². The first-order valence-electron chi connectivity index (χ1n) is 3.20. The zero-order valence-electron chi connectivity index (χ0n) is 6.00. The van der Waals surface area contributed by atoms with Gasteiger partial charge in [-0.25, -0.2) is 4.79 Å². The Morgan fingerprint density at radius 2 is 1.83 bits per heavy atom. The molecule has 62 valence electrons. The average Bonchev–Trinajstić information content (AvgIpc) is 2.06. The molecule has 0 fully saturated rings. The zero-order chi connectivity index (χ0) is 8.97. The lowest BCUT2D eigenvalue weighted by molar-refractivity contribution is 0.565. The van der Waals surface area contributed by atoms with Crippen molar-refractivity contribution in [1.29, 1.82) is 0 Å². The van der Waals surface area contributed by atoms with E-state index < -0.39 is 0 Å². The van der Waals surface area contributed by atoms with Crippen LogP contribution in [0.5, 0.6) is 0 Å². The van der Waals surface area contributed by atoms with E-state index in [0.29, 0.717) is 7.62 Å². The Balaban J connectivity index is 2.92. The molecule has 4 heteroatoms. The van der Waals surface area contributed by atoms with Gasteiger partial charge in [0.15, 0.2) is 0 Å². The maximum Gasteiger partial charge on any atom is 0.240 e. The van der Waals surface area contributed by atoms with Crippen molar-refractivity contribution in [3.63, 3.8) is 0 Å². The molecule has 0 aliphatic heterocycles. The summed E-state index contributed by atoms with van der Waals surface area (Å²) in [5, 5.41) is 0. The van der Waals surface area contributed by atoms with Crippen LogP contribution in [-0.4, -0.2) is 6.08 Å². The van der Waals surface area contributed by atoms with E-state index in [1.165, 1.54) is 11.6 Å². The van der Waals surface area contributed by atoms with Crippen LogP contribution in [0.15, 0.2) is 29.3 Å². The van der Waals surface area contributed by atoms with E-state index in [4.69, 9.17) is 0 Å². The van der Waals surface area contributed by atoms with Crippen LogP contribution in [0.4, 0.5) is 5.69 Å².